The number of nitrogens with one attached hydrogen (secondary N) is 1. The van der Waals surface area contributed by atoms with E-state index in [-0.39, 0.29) is 0 Å². The first kappa shape index (κ1) is 11.4. The topological polar surface area (TPSA) is 41.5 Å². The average molecular weight is 213 g/mol. The summed E-state index contributed by atoms with van der Waals surface area (Å²) in [6.07, 6.45) is 3.48. The van der Waals surface area contributed by atoms with Gasteiger partial charge in [0.25, 0.3) is 0 Å². The molecule has 0 radical (unpaired) electrons. The van der Waals surface area contributed by atoms with E-state index in [9.17, 15) is 5.11 Å². The van der Waals surface area contributed by atoms with Gasteiger partial charge in [0.15, 0.2) is 0 Å². The van der Waals surface area contributed by atoms with Crippen LogP contribution in [0.3, 0.4) is 0 Å². The molecule has 0 aromatic heterocycles. The monoisotopic (exact) mass is 213 g/mol. The summed E-state index contributed by atoms with van der Waals surface area (Å²) in [5.41, 5.74) is -0.609. The van der Waals surface area contributed by atoms with E-state index in [1.54, 1.807) is 0 Å². The molecule has 1 saturated heterocycles. The van der Waals surface area contributed by atoms with Crippen LogP contribution in [0.4, 0.5) is 0 Å². The first-order valence-electron chi connectivity index (χ1n) is 6.14. The molecule has 1 saturated carbocycles. The van der Waals surface area contributed by atoms with Crippen molar-refractivity contribution in [1.82, 2.24) is 5.32 Å². The van der Waals surface area contributed by atoms with Crippen molar-refractivity contribution in [2.24, 2.45) is 11.8 Å². The molecule has 3 nitrogen and oxygen atoms in total. The highest BCUT2D eigenvalue weighted by molar-refractivity contribution is 4.92. The first-order chi connectivity index (χ1) is 7.11. The van der Waals surface area contributed by atoms with E-state index in [1.807, 2.05) is 0 Å². The van der Waals surface area contributed by atoms with Gasteiger partial charge in [-0.3, -0.25) is 0 Å². The molecule has 1 aliphatic heterocycles. The van der Waals surface area contributed by atoms with E-state index in [1.165, 1.54) is 12.8 Å². The van der Waals surface area contributed by atoms with Crippen LogP contribution in [-0.2, 0) is 4.74 Å². The predicted octanol–water partition coefficient (Wildman–Crippen LogP) is 1.16. The van der Waals surface area contributed by atoms with Crippen molar-refractivity contribution in [3.8, 4) is 0 Å². The van der Waals surface area contributed by atoms with Crippen molar-refractivity contribution in [3.05, 3.63) is 0 Å². The summed E-state index contributed by atoms with van der Waals surface area (Å²) in [5.74, 6) is 1.50. The summed E-state index contributed by atoms with van der Waals surface area (Å²) >= 11 is 0. The van der Waals surface area contributed by atoms with Gasteiger partial charge in [0.1, 0.15) is 5.60 Å². The third-order valence-corrected chi connectivity index (χ3v) is 3.60. The van der Waals surface area contributed by atoms with Crippen molar-refractivity contribution >= 4 is 0 Å². The molecule has 0 aromatic carbocycles. The van der Waals surface area contributed by atoms with E-state index >= 15 is 0 Å². The zero-order chi connectivity index (χ0) is 10.9. The van der Waals surface area contributed by atoms with Crippen LogP contribution in [0.25, 0.3) is 0 Å². The number of rotatable bonds is 5. The van der Waals surface area contributed by atoms with Crippen LogP contribution in [0.1, 0.15) is 33.1 Å². The predicted molar refractivity (Wildman–Crippen MR) is 59.7 cm³/mol. The summed E-state index contributed by atoms with van der Waals surface area (Å²) in [6.45, 7) is 6.39. The van der Waals surface area contributed by atoms with E-state index in [2.05, 4.69) is 19.2 Å². The van der Waals surface area contributed by atoms with Gasteiger partial charge < -0.3 is 15.2 Å². The Hall–Kier alpha value is -0.120. The van der Waals surface area contributed by atoms with Crippen molar-refractivity contribution in [2.45, 2.75) is 44.8 Å². The minimum absolute atomic E-state index is 0.496. The van der Waals surface area contributed by atoms with Crippen LogP contribution in [0.2, 0.25) is 0 Å². The Balaban J connectivity index is 1.79. The molecule has 15 heavy (non-hydrogen) atoms. The summed E-state index contributed by atoms with van der Waals surface area (Å²) in [5, 5.41) is 13.7. The lowest BCUT2D eigenvalue weighted by molar-refractivity contribution is 0.0228. The van der Waals surface area contributed by atoms with Gasteiger partial charge in [0.2, 0.25) is 0 Å². The van der Waals surface area contributed by atoms with E-state index in [4.69, 9.17) is 4.74 Å². The minimum atomic E-state index is -0.609. The molecule has 2 rings (SSSR count). The molecule has 2 atom stereocenters. The van der Waals surface area contributed by atoms with Crippen molar-refractivity contribution in [2.75, 3.05) is 19.8 Å². The third-order valence-electron chi connectivity index (χ3n) is 3.60. The summed E-state index contributed by atoms with van der Waals surface area (Å²) in [6, 6.07) is 0.578. The fraction of sp³-hybridized carbons (Fsp3) is 1.00. The van der Waals surface area contributed by atoms with Gasteiger partial charge in [-0.1, -0.05) is 13.8 Å². The highest BCUT2D eigenvalue weighted by Crippen LogP contribution is 2.36. The van der Waals surface area contributed by atoms with Gasteiger partial charge in [-0.25, -0.2) is 0 Å². The molecule has 0 aromatic rings. The van der Waals surface area contributed by atoms with E-state index in [0.29, 0.717) is 31.7 Å². The lowest BCUT2D eigenvalue weighted by atomic mass is 9.97. The Labute approximate surface area is 92.2 Å². The number of hydrogen-bond acceptors (Lipinski definition) is 3. The summed E-state index contributed by atoms with van der Waals surface area (Å²) in [4.78, 5) is 0. The third kappa shape index (κ3) is 2.92. The first-order valence-corrected chi connectivity index (χ1v) is 6.14. The Morgan fingerprint density at radius 1 is 1.47 bits per heavy atom. The van der Waals surface area contributed by atoms with Crippen LogP contribution >= 0.6 is 0 Å². The molecule has 0 spiro atoms. The van der Waals surface area contributed by atoms with Crippen molar-refractivity contribution in [3.63, 3.8) is 0 Å². The van der Waals surface area contributed by atoms with Gasteiger partial charge in [-0.2, -0.15) is 0 Å². The maximum absolute atomic E-state index is 10.1. The normalized spacial score (nSPS) is 33.6. The molecular weight excluding hydrogens is 190 g/mol. The molecule has 2 unspecified atom stereocenters. The van der Waals surface area contributed by atoms with Gasteiger partial charge >= 0.3 is 0 Å². The second-order valence-corrected chi connectivity index (χ2v) is 5.52. The molecule has 0 amide bonds. The Bertz CT molecular complexity index is 206. The SMILES string of the molecule is CC(C)C(NCC1(O)CCOC1)C1CC1. The number of ether oxygens (including phenoxy) is 1. The lowest BCUT2D eigenvalue weighted by Gasteiger charge is -2.28. The summed E-state index contributed by atoms with van der Waals surface area (Å²) < 4.78 is 5.24. The maximum Gasteiger partial charge on any atom is 0.102 e. The largest absolute Gasteiger partial charge is 0.386 e. The van der Waals surface area contributed by atoms with Crippen LogP contribution in [0.15, 0.2) is 0 Å². The van der Waals surface area contributed by atoms with Crippen LogP contribution in [-0.4, -0.2) is 36.5 Å². The molecule has 0 bridgehead atoms. The lowest BCUT2D eigenvalue weighted by Crippen LogP contribution is -2.47. The molecule has 88 valence electrons. The standard InChI is InChI=1S/C12H23NO2/c1-9(2)11(10-3-4-10)13-7-12(14)5-6-15-8-12/h9-11,13-14H,3-8H2,1-2H3. The van der Waals surface area contributed by atoms with Gasteiger partial charge in [0, 0.05) is 25.6 Å². The zero-order valence-corrected chi connectivity index (χ0v) is 9.83. The Kier molecular flexibility index (Phi) is 3.33. The van der Waals surface area contributed by atoms with Crippen molar-refractivity contribution < 1.29 is 9.84 Å². The van der Waals surface area contributed by atoms with E-state index in [0.717, 1.165) is 12.3 Å². The maximum atomic E-state index is 10.1. The zero-order valence-electron chi connectivity index (χ0n) is 9.83. The van der Waals surface area contributed by atoms with E-state index < -0.39 is 5.60 Å². The molecule has 3 heteroatoms. The fourth-order valence-electron chi connectivity index (χ4n) is 2.45. The molecule has 2 aliphatic rings. The average Bonchev–Trinajstić information content (AvgIpc) is 2.90. The molecule has 1 aliphatic carbocycles. The van der Waals surface area contributed by atoms with Crippen LogP contribution < -0.4 is 5.32 Å². The summed E-state index contributed by atoms with van der Waals surface area (Å²) in [7, 11) is 0. The Morgan fingerprint density at radius 3 is 2.67 bits per heavy atom. The molecular formula is C12H23NO2. The smallest absolute Gasteiger partial charge is 0.102 e. The van der Waals surface area contributed by atoms with Gasteiger partial charge in [0.05, 0.1) is 6.61 Å². The highest BCUT2D eigenvalue weighted by Gasteiger charge is 2.37. The van der Waals surface area contributed by atoms with Crippen LogP contribution in [0, 0.1) is 11.8 Å². The number of hydrogen-bond donors (Lipinski definition) is 2. The minimum Gasteiger partial charge on any atom is -0.386 e. The highest BCUT2D eigenvalue weighted by atomic mass is 16.5. The second-order valence-electron chi connectivity index (χ2n) is 5.52. The number of aliphatic hydroxyl groups is 1. The van der Waals surface area contributed by atoms with Gasteiger partial charge in [-0.05, 0) is 24.7 Å². The van der Waals surface area contributed by atoms with Gasteiger partial charge in [-0.15, -0.1) is 0 Å². The fourth-order valence-corrected chi connectivity index (χ4v) is 2.45. The molecule has 1 heterocycles. The van der Waals surface area contributed by atoms with Crippen LogP contribution in [0.5, 0.6) is 0 Å². The second kappa shape index (κ2) is 4.40. The van der Waals surface area contributed by atoms with Crippen molar-refractivity contribution in [1.29, 1.82) is 0 Å². The molecule has 2 fully saturated rings. The Morgan fingerprint density at radius 2 is 2.20 bits per heavy atom. The quantitative estimate of drug-likeness (QED) is 0.720. The molecule has 2 N–H and O–H groups in total.